The van der Waals surface area contributed by atoms with Gasteiger partial charge in [0, 0.05) is 26.9 Å². The lowest BCUT2D eigenvalue weighted by Crippen LogP contribution is -2.23. The molecule has 1 rings (SSSR count). The Balaban J connectivity index is 3.46. The van der Waals surface area contributed by atoms with Gasteiger partial charge in [-0.3, -0.25) is 4.79 Å². The van der Waals surface area contributed by atoms with Gasteiger partial charge in [0.1, 0.15) is 14.8 Å². The summed E-state index contributed by atoms with van der Waals surface area (Å²) in [5.74, 6) is -0.0132. The molecular weight excluding hydrogens is 298 g/mol. The Morgan fingerprint density at radius 3 is 2.40 bits per heavy atom. The average Bonchev–Trinajstić information content (AvgIpc) is 2.64. The molecule has 0 atom stereocenters. The molecule has 1 amide bonds. The fourth-order valence-corrected chi connectivity index (χ4v) is 4.59. The molecule has 0 aliphatic carbocycles. The topological polar surface area (TPSA) is 92.5 Å². The number of hydrogen-bond donors (Lipinski definition) is 2. The zero-order chi connectivity index (χ0) is 15.7. The number of nitrogen functional groups attached to an aromatic ring is 1. The van der Waals surface area contributed by atoms with Gasteiger partial charge in [0.2, 0.25) is 0 Å². The Morgan fingerprint density at radius 1 is 1.45 bits per heavy atom. The number of nitrogens with two attached hydrogens (primary N) is 1. The maximum absolute atomic E-state index is 12.0. The summed E-state index contributed by atoms with van der Waals surface area (Å²) in [7, 11) is -0.218. The third-order valence-electron chi connectivity index (χ3n) is 2.67. The first kappa shape index (κ1) is 16.8. The quantitative estimate of drug-likeness (QED) is 0.850. The number of rotatable bonds is 5. The number of hydrogen-bond acceptors (Lipinski definition) is 6. The summed E-state index contributed by atoms with van der Waals surface area (Å²) >= 11 is 1.11. The van der Waals surface area contributed by atoms with Crippen LogP contribution in [0.2, 0.25) is 0 Å². The van der Waals surface area contributed by atoms with E-state index in [1.54, 1.807) is 7.05 Å². The highest BCUT2D eigenvalue weighted by atomic mass is 32.2. The van der Waals surface area contributed by atoms with E-state index >= 15 is 0 Å². The number of carbonyl (C=O) groups excluding carboxylic acids is 1. The lowest BCUT2D eigenvalue weighted by atomic mass is 10.2. The molecule has 1 aromatic rings. The Kier molecular flexibility index (Phi) is 5.04. The highest BCUT2D eigenvalue weighted by molar-refractivity contribution is 7.91. The third kappa shape index (κ3) is 3.43. The molecule has 0 aromatic carbocycles. The summed E-state index contributed by atoms with van der Waals surface area (Å²) < 4.78 is 23.9. The van der Waals surface area contributed by atoms with Crippen molar-refractivity contribution in [1.82, 2.24) is 5.32 Å². The van der Waals surface area contributed by atoms with E-state index < -0.39 is 9.84 Å². The van der Waals surface area contributed by atoms with Crippen molar-refractivity contribution in [3.8, 4) is 0 Å². The highest BCUT2D eigenvalue weighted by Gasteiger charge is 2.28. The third-order valence-corrected chi connectivity index (χ3v) is 5.27. The number of nitrogens with one attached hydrogen (secondary N) is 1. The van der Waals surface area contributed by atoms with Crippen molar-refractivity contribution in [2.24, 2.45) is 5.92 Å². The molecular formula is C12H21N3O3S2. The Morgan fingerprint density at radius 2 is 2.00 bits per heavy atom. The van der Waals surface area contributed by atoms with Gasteiger partial charge in [-0.2, -0.15) is 0 Å². The van der Waals surface area contributed by atoms with Crippen LogP contribution in [0.25, 0.3) is 0 Å². The number of carbonyl (C=O) groups is 1. The van der Waals surface area contributed by atoms with Gasteiger partial charge < -0.3 is 16.0 Å². The first-order valence-electron chi connectivity index (χ1n) is 6.15. The van der Waals surface area contributed by atoms with E-state index in [1.807, 2.05) is 18.7 Å². The Hall–Kier alpha value is -1.28. The molecule has 0 unspecified atom stereocenters. The van der Waals surface area contributed by atoms with Crippen LogP contribution in [0, 0.1) is 5.92 Å². The molecule has 0 fully saturated rings. The van der Waals surface area contributed by atoms with Gasteiger partial charge >= 0.3 is 0 Å². The van der Waals surface area contributed by atoms with Gasteiger partial charge in [-0.1, -0.05) is 13.8 Å². The van der Waals surface area contributed by atoms with Crippen molar-refractivity contribution < 1.29 is 13.2 Å². The summed E-state index contributed by atoms with van der Waals surface area (Å²) in [5.41, 5.74) is 5.91. The molecule has 0 radical (unpaired) electrons. The van der Waals surface area contributed by atoms with E-state index in [0.29, 0.717) is 17.5 Å². The number of amides is 1. The molecule has 0 saturated carbocycles. The summed E-state index contributed by atoms with van der Waals surface area (Å²) in [6.07, 6.45) is 1.10. The zero-order valence-electron chi connectivity index (χ0n) is 12.4. The van der Waals surface area contributed by atoms with Gasteiger partial charge in [0.25, 0.3) is 5.91 Å². The van der Waals surface area contributed by atoms with Crippen LogP contribution < -0.4 is 16.0 Å². The van der Waals surface area contributed by atoms with Crippen molar-refractivity contribution >= 4 is 37.8 Å². The number of thiophene rings is 1. The van der Waals surface area contributed by atoms with Crippen LogP contribution in [0.3, 0.4) is 0 Å². The average molecular weight is 319 g/mol. The van der Waals surface area contributed by atoms with E-state index in [1.165, 1.54) is 7.05 Å². The fraction of sp³-hybridized carbons (Fsp3) is 0.583. The molecule has 6 nitrogen and oxygen atoms in total. The summed E-state index contributed by atoms with van der Waals surface area (Å²) in [5, 5.41) is 2.98. The van der Waals surface area contributed by atoms with E-state index in [-0.39, 0.29) is 21.4 Å². The van der Waals surface area contributed by atoms with Gasteiger partial charge in [0.05, 0.1) is 5.69 Å². The predicted octanol–water partition coefficient (Wildman–Crippen LogP) is 1.19. The minimum Gasteiger partial charge on any atom is -0.396 e. The van der Waals surface area contributed by atoms with Crippen molar-refractivity contribution in [3.05, 3.63) is 4.88 Å². The minimum atomic E-state index is -3.50. The second-order valence-electron chi connectivity index (χ2n) is 5.10. The monoisotopic (exact) mass is 319 g/mol. The highest BCUT2D eigenvalue weighted by Crippen LogP contribution is 2.41. The number of nitrogens with zero attached hydrogens (tertiary/aromatic N) is 1. The largest absolute Gasteiger partial charge is 0.396 e. The lowest BCUT2D eigenvalue weighted by Gasteiger charge is -2.20. The van der Waals surface area contributed by atoms with Crippen LogP contribution >= 0.6 is 11.3 Å². The molecule has 0 aliphatic rings. The van der Waals surface area contributed by atoms with Crippen LogP contribution in [0.1, 0.15) is 23.5 Å². The zero-order valence-corrected chi connectivity index (χ0v) is 14.0. The fourth-order valence-electron chi connectivity index (χ4n) is 1.94. The van der Waals surface area contributed by atoms with Crippen molar-refractivity contribution in [2.45, 2.75) is 18.7 Å². The van der Waals surface area contributed by atoms with Gasteiger partial charge in [-0.25, -0.2) is 8.42 Å². The first-order chi connectivity index (χ1) is 9.09. The standard InChI is InChI=1S/C12H21N3O3S2/c1-7(2)6-15(4)12-10(20(5,17)18)8(13)9(19-12)11(16)14-3/h7H,6,13H2,1-5H3,(H,14,16). The minimum absolute atomic E-state index is 0.0301. The van der Waals surface area contributed by atoms with Gasteiger partial charge in [-0.15, -0.1) is 11.3 Å². The van der Waals surface area contributed by atoms with Crippen molar-refractivity contribution in [2.75, 3.05) is 37.5 Å². The molecule has 1 aromatic heterocycles. The van der Waals surface area contributed by atoms with Crippen LogP contribution in [0.4, 0.5) is 10.7 Å². The van der Waals surface area contributed by atoms with Crippen LogP contribution in [0.15, 0.2) is 4.90 Å². The summed E-state index contributed by atoms with van der Waals surface area (Å²) in [6.45, 7) is 4.75. The maximum atomic E-state index is 12.0. The molecule has 1 heterocycles. The molecule has 3 N–H and O–H groups in total. The van der Waals surface area contributed by atoms with Crippen LogP contribution in [0.5, 0.6) is 0 Å². The van der Waals surface area contributed by atoms with Crippen LogP contribution in [-0.4, -0.2) is 41.2 Å². The number of sulfone groups is 1. The summed E-state index contributed by atoms with van der Waals surface area (Å²) in [6, 6.07) is 0. The number of anilines is 2. The van der Waals surface area contributed by atoms with E-state index in [2.05, 4.69) is 5.32 Å². The molecule has 20 heavy (non-hydrogen) atoms. The van der Waals surface area contributed by atoms with Crippen LogP contribution in [-0.2, 0) is 9.84 Å². The first-order valence-corrected chi connectivity index (χ1v) is 8.85. The SMILES string of the molecule is CNC(=O)c1sc(N(C)CC(C)C)c(S(C)(=O)=O)c1N. The van der Waals surface area contributed by atoms with Gasteiger partial charge in [-0.05, 0) is 5.92 Å². The maximum Gasteiger partial charge on any atom is 0.263 e. The summed E-state index contributed by atoms with van der Waals surface area (Å²) in [4.78, 5) is 13.9. The van der Waals surface area contributed by atoms with Crippen molar-refractivity contribution in [3.63, 3.8) is 0 Å². The molecule has 0 saturated heterocycles. The van der Waals surface area contributed by atoms with E-state index in [9.17, 15) is 13.2 Å². The molecule has 8 heteroatoms. The molecule has 0 aliphatic heterocycles. The van der Waals surface area contributed by atoms with Gasteiger partial charge in [0.15, 0.2) is 9.84 Å². The second-order valence-corrected chi connectivity index (χ2v) is 8.06. The molecule has 0 bridgehead atoms. The lowest BCUT2D eigenvalue weighted by molar-refractivity contribution is 0.0968. The Labute approximate surface area is 123 Å². The Bertz CT molecular complexity index is 606. The molecule has 114 valence electrons. The smallest absolute Gasteiger partial charge is 0.263 e. The van der Waals surface area contributed by atoms with E-state index in [0.717, 1.165) is 17.6 Å². The molecule has 0 spiro atoms. The van der Waals surface area contributed by atoms with E-state index in [4.69, 9.17) is 5.73 Å². The van der Waals surface area contributed by atoms with Crippen molar-refractivity contribution in [1.29, 1.82) is 0 Å². The predicted molar refractivity (Wildman–Crippen MR) is 83.3 cm³/mol. The normalized spacial score (nSPS) is 11.7. The second kappa shape index (κ2) is 6.01.